The third kappa shape index (κ3) is 1.39. The Morgan fingerprint density at radius 1 is 1.62 bits per heavy atom. The lowest BCUT2D eigenvalue weighted by Crippen LogP contribution is -2.24. The highest BCUT2D eigenvalue weighted by atomic mass is 32.2. The third-order valence-electron chi connectivity index (χ3n) is 1.60. The number of aliphatic hydroxyl groups excluding tert-OH is 1. The fraction of sp³-hybridized carbons (Fsp3) is 1.00. The summed E-state index contributed by atoms with van der Waals surface area (Å²) in [5.41, 5.74) is 0. The van der Waals surface area contributed by atoms with Crippen LogP contribution in [0.2, 0.25) is 0 Å². The molecule has 0 bridgehead atoms. The van der Waals surface area contributed by atoms with E-state index in [1.54, 1.807) is 0 Å². The monoisotopic (exact) mass is 132 g/mol. The van der Waals surface area contributed by atoms with Crippen LogP contribution in [-0.4, -0.2) is 22.7 Å². The molecule has 0 aromatic rings. The second kappa shape index (κ2) is 2.74. The average molecular weight is 132 g/mol. The van der Waals surface area contributed by atoms with Gasteiger partial charge in [0.25, 0.3) is 0 Å². The summed E-state index contributed by atoms with van der Waals surface area (Å²) >= 11 is 1.95. The molecule has 1 rings (SSSR count). The summed E-state index contributed by atoms with van der Waals surface area (Å²) in [6.45, 7) is 2.11. The Kier molecular flexibility index (Phi) is 2.20. The lowest BCUT2D eigenvalue weighted by molar-refractivity contribution is 0.121. The van der Waals surface area contributed by atoms with E-state index in [1.807, 2.05) is 11.8 Å². The predicted octanol–water partition coefficient (Wildman–Crippen LogP) is 1.12. The van der Waals surface area contributed by atoms with E-state index in [9.17, 15) is 0 Å². The molecule has 0 radical (unpaired) electrons. The van der Waals surface area contributed by atoms with E-state index >= 15 is 0 Å². The molecule has 2 atom stereocenters. The first-order valence-electron chi connectivity index (χ1n) is 3.06. The standard InChI is InChI=1S/C6H12OS/c1-5-4-8-3-2-6(5)7/h5-7H,2-4H2,1H3/t5-,6-/m1/s1. The van der Waals surface area contributed by atoms with E-state index in [0.717, 1.165) is 17.9 Å². The first kappa shape index (κ1) is 6.43. The van der Waals surface area contributed by atoms with Gasteiger partial charge in [0.2, 0.25) is 0 Å². The minimum Gasteiger partial charge on any atom is -0.393 e. The number of hydrogen-bond donors (Lipinski definition) is 1. The second-order valence-electron chi connectivity index (χ2n) is 2.41. The maximum Gasteiger partial charge on any atom is 0.0581 e. The summed E-state index contributed by atoms with van der Waals surface area (Å²) in [5, 5.41) is 9.16. The van der Waals surface area contributed by atoms with Crippen molar-refractivity contribution in [3.05, 3.63) is 0 Å². The largest absolute Gasteiger partial charge is 0.393 e. The smallest absolute Gasteiger partial charge is 0.0581 e. The van der Waals surface area contributed by atoms with Crippen molar-refractivity contribution in [3.8, 4) is 0 Å². The lowest BCUT2D eigenvalue weighted by Gasteiger charge is -2.22. The molecule has 8 heavy (non-hydrogen) atoms. The summed E-state index contributed by atoms with van der Waals surface area (Å²) in [7, 11) is 0. The maximum absolute atomic E-state index is 9.16. The van der Waals surface area contributed by atoms with Crippen LogP contribution in [0.25, 0.3) is 0 Å². The zero-order chi connectivity index (χ0) is 5.98. The molecule has 0 saturated carbocycles. The molecule has 1 aliphatic heterocycles. The molecule has 2 heteroatoms. The molecule has 0 aliphatic carbocycles. The van der Waals surface area contributed by atoms with Gasteiger partial charge in [0.15, 0.2) is 0 Å². The van der Waals surface area contributed by atoms with Crippen molar-refractivity contribution in [2.75, 3.05) is 11.5 Å². The van der Waals surface area contributed by atoms with Crippen molar-refractivity contribution in [3.63, 3.8) is 0 Å². The molecule has 0 unspecified atom stereocenters. The Balaban J connectivity index is 2.28. The zero-order valence-electron chi connectivity index (χ0n) is 5.13. The van der Waals surface area contributed by atoms with E-state index in [-0.39, 0.29) is 6.10 Å². The molecule has 0 spiro atoms. The Bertz CT molecular complexity index is 64.9. The van der Waals surface area contributed by atoms with Gasteiger partial charge in [-0.25, -0.2) is 0 Å². The van der Waals surface area contributed by atoms with Gasteiger partial charge in [-0.3, -0.25) is 0 Å². The first-order chi connectivity index (χ1) is 3.80. The van der Waals surface area contributed by atoms with Crippen LogP contribution >= 0.6 is 11.8 Å². The highest BCUT2D eigenvalue weighted by Gasteiger charge is 2.17. The zero-order valence-corrected chi connectivity index (χ0v) is 5.95. The second-order valence-corrected chi connectivity index (χ2v) is 3.56. The van der Waals surface area contributed by atoms with E-state index in [4.69, 9.17) is 5.11 Å². The quantitative estimate of drug-likeness (QED) is 0.533. The van der Waals surface area contributed by atoms with Gasteiger partial charge in [-0.2, -0.15) is 11.8 Å². The molecule has 1 heterocycles. The summed E-state index contributed by atoms with van der Waals surface area (Å²) in [5.74, 6) is 2.81. The van der Waals surface area contributed by atoms with Crippen LogP contribution < -0.4 is 0 Å². The van der Waals surface area contributed by atoms with Crippen LogP contribution in [0.3, 0.4) is 0 Å². The summed E-state index contributed by atoms with van der Waals surface area (Å²) in [6, 6.07) is 0. The fourth-order valence-electron chi connectivity index (χ4n) is 0.869. The third-order valence-corrected chi connectivity index (χ3v) is 2.88. The molecular weight excluding hydrogens is 120 g/mol. The van der Waals surface area contributed by atoms with Crippen molar-refractivity contribution in [1.82, 2.24) is 0 Å². The summed E-state index contributed by atoms with van der Waals surface area (Å²) in [4.78, 5) is 0. The van der Waals surface area contributed by atoms with E-state index in [1.165, 1.54) is 0 Å². The SMILES string of the molecule is C[C@@H]1CSCC[C@H]1O. The van der Waals surface area contributed by atoms with Crippen molar-refractivity contribution in [2.24, 2.45) is 5.92 Å². The fourth-order valence-corrected chi connectivity index (χ4v) is 2.04. The molecule has 1 fully saturated rings. The molecule has 0 aromatic carbocycles. The van der Waals surface area contributed by atoms with Crippen molar-refractivity contribution in [2.45, 2.75) is 19.4 Å². The van der Waals surface area contributed by atoms with E-state index in [0.29, 0.717) is 5.92 Å². The topological polar surface area (TPSA) is 20.2 Å². The first-order valence-corrected chi connectivity index (χ1v) is 4.22. The Hall–Kier alpha value is 0.310. The highest BCUT2D eigenvalue weighted by Crippen LogP contribution is 2.21. The Morgan fingerprint density at radius 2 is 2.38 bits per heavy atom. The Morgan fingerprint density at radius 3 is 2.75 bits per heavy atom. The van der Waals surface area contributed by atoms with Gasteiger partial charge < -0.3 is 5.11 Å². The summed E-state index contributed by atoms with van der Waals surface area (Å²) < 4.78 is 0. The van der Waals surface area contributed by atoms with Crippen molar-refractivity contribution < 1.29 is 5.11 Å². The van der Waals surface area contributed by atoms with Gasteiger partial charge in [-0.15, -0.1) is 0 Å². The predicted molar refractivity (Wildman–Crippen MR) is 37.1 cm³/mol. The highest BCUT2D eigenvalue weighted by molar-refractivity contribution is 7.99. The molecular formula is C6H12OS. The molecule has 1 aliphatic rings. The number of rotatable bonds is 0. The van der Waals surface area contributed by atoms with Gasteiger partial charge in [0, 0.05) is 0 Å². The minimum atomic E-state index is -0.0174. The van der Waals surface area contributed by atoms with E-state index in [2.05, 4.69) is 6.92 Å². The van der Waals surface area contributed by atoms with Crippen LogP contribution in [0, 0.1) is 5.92 Å². The maximum atomic E-state index is 9.16. The number of thioether (sulfide) groups is 1. The van der Waals surface area contributed by atoms with Gasteiger partial charge >= 0.3 is 0 Å². The number of aliphatic hydroxyl groups is 1. The molecule has 1 nitrogen and oxygen atoms in total. The molecule has 0 aromatic heterocycles. The molecule has 1 N–H and O–H groups in total. The van der Waals surface area contributed by atoms with Crippen LogP contribution in [0.5, 0.6) is 0 Å². The molecule has 48 valence electrons. The Labute approximate surface area is 54.5 Å². The number of hydrogen-bond acceptors (Lipinski definition) is 2. The molecule has 1 saturated heterocycles. The lowest BCUT2D eigenvalue weighted by atomic mass is 10.1. The van der Waals surface area contributed by atoms with E-state index < -0.39 is 0 Å². The van der Waals surface area contributed by atoms with Crippen molar-refractivity contribution in [1.29, 1.82) is 0 Å². The van der Waals surface area contributed by atoms with Gasteiger partial charge in [-0.1, -0.05) is 6.92 Å². The minimum absolute atomic E-state index is 0.0174. The average Bonchev–Trinajstić information content (AvgIpc) is 1.77. The normalized spacial score (nSPS) is 39.8. The van der Waals surface area contributed by atoms with Gasteiger partial charge in [0.05, 0.1) is 6.10 Å². The summed E-state index contributed by atoms with van der Waals surface area (Å²) in [6.07, 6.45) is 0.975. The van der Waals surface area contributed by atoms with Crippen LogP contribution in [0.4, 0.5) is 0 Å². The molecule has 0 amide bonds. The van der Waals surface area contributed by atoms with Gasteiger partial charge in [-0.05, 0) is 23.8 Å². The van der Waals surface area contributed by atoms with Gasteiger partial charge in [0.1, 0.15) is 0 Å². The van der Waals surface area contributed by atoms with Crippen LogP contribution in [0.15, 0.2) is 0 Å². The van der Waals surface area contributed by atoms with Crippen LogP contribution in [-0.2, 0) is 0 Å². The van der Waals surface area contributed by atoms with Crippen molar-refractivity contribution >= 4 is 11.8 Å². The van der Waals surface area contributed by atoms with Crippen LogP contribution in [0.1, 0.15) is 13.3 Å².